The fourth-order valence-corrected chi connectivity index (χ4v) is 1.49. The van der Waals surface area contributed by atoms with Gasteiger partial charge in [-0.05, 0) is 39.3 Å². The number of carbonyl (C=O) groups is 1. The molecule has 0 bridgehead atoms. The van der Waals surface area contributed by atoms with Crippen LogP contribution in [0.15, 0.2) is 12.1 Å². The van der Waals surface area contributed by atoms with Gasteiger partial charge in [0, 0.05) is 18.3 Å². The Morgan fingerprint density at radius 3 is 2.53 bits per heavy atom. The Kier molecular flexibility index (Phi) is 3.76. The third-order valence-corrected chi connectivity index (χ3v) is 3.34. The summed E-state index contributed by atoms with van der Waals surface area (Å²) in [6.45, 7) is 8.08. The number of nitrogens with zero attached hydrogens (tertiary/aromatic N) is 2. The van der Waals surface area contributed by atoms with Gasteiger partial charge in [0.1, 0.15) is 11.4 Å². The summed E-state index contributed by atoms with van der Waals surface area (Å²) >= 11 is 0. The Labute approximate surface area is 102 Å². The van der Waals surface area contributed by atoms with Gasteiger partial charge in [-0.15, -0.1) is 0 Å². The minimum Gasteiger partial charge on any atom is -0.478 e. The van der Waals surface area contributed by atoms with Crippen LogP contribution in [0.3, 0.4) is 0 Å². The molecule has 4 heteroatoms. The van der Waals surface area contributed by atoms with Crippen molar-refractivity contribution in [1.82, 2.24) is 4.98 Å². The second-order valence-corrected chi connectivity index (χ2v) is 4.85. The summed E-state index contributed by atoms with van der Waals surface area (Å²) in [6, 6.07) is 3.34. The monoisotopic (exact) mass is 236 g/mol. The largest absolute Gasteiger partial charge is 0.478 e. The molecule has 0 radical (unpaired) electrons. The zero-order valence-electron chi connectivity index (χ0n) is 11.1. The number of rotatable bonds is 4. The highest BCUT2D eigenvalue weighted by molar-refractivity contribution is 5.93. The summed E-state index contributed by atoms with van der Waals surface area (Å²) in [6.07, 6.45) is 0.915. The van der Waals surface area contributed by atoms with E-state index in [1.54, 1.807) is 12.1 Å². The van der Waals surface area contributed by atoms with Crippen LogP contribution in [0.2, 0.25) is 0 Å². The van der Waals surface area contributed by atoms with E-state index in [0.717, 1.165) is 12.1 Å². The molecule has 0 fully saturated rings. The lowest BCUT2D eigenvalue weighted by molar-refractivity contribution is 0.0697. The standard InChI is InChI=1S/C13H20N2O2/c1-6-13(3,4)15(5)11-10(12(16)17)8-7-9(2)14-11/h7-8H,6H2,1-5H3,(H,16,17). The summed E-state index contributed by atoms with van der Waals surface area (Å²) in [5.74, 6) is -0.407. The molecule has 4 nitrogen and oxygen atoms in total. The Balaban J connectivity index is 3.29. The van der Waals surface area contributed by atoms with Crippen LogP contribution < -0.4 is 4.90 Å². The van der Waals surface area contributed by atoms with Crippen LogP contribution in [0.5, 0.6) is 0 Å². The number of carboxylic acid groups (broad SMARTS) is 1. The second kappa shape index (κ2) is 4.73. The number of pyridine rings is 1. The van der Waals surface area contributed by atoms with E-state index in [4.69, 9.17) is 0 Å². The number of hydrogen-bond acceptors (Lipinski definition) is 3. The number of aromatic nitrogens is 1. The number of hydrogen-bond donors (Lipinski definition) is 1. The molecular formula is C13H20N2O2. The zero-order chi connectivity index (χ0) is 13.2. The van der Waals surface area contributed by atoms with Crippen molar-refractivity contribution in [2.24, 2.45) is 0 Å². The predicted molar refractivity (Wildman–Crippen MR) is 68.7 cm³/mol. The molecule has 0 amide bonds. The van der Waals surface area contributed by atoms with Gasteiger partial charge in [-0.25, -0.2) is 9.78 Å². The molecule has 0 saturated carbocycles. The Morgan fingerprint density at radius 2 is 2.06 bits per heavy atom. The average Bonchev–Trinajstić information content (AvgIpc) is 2.27. The average molecular weight is 236 g/mol. The summed E-state index contributed by atoms with van der Waals surface area (Å²) in [7, 11) is 1.89. The predicted octanol–water partition coefficient (Wildman–Crippen LogP) is 2.71. The van der Waals surface area contributed by atoms with Crippen LogP contribution >= 0.6 is 0 Å². The fraction of sp³-hybridized carbons (Fsp3) is 0.538. The van der Waals surface area contributed by atoms with Gasteiger partial charge >= 0.3 is 5.97 Å². The highest BCUT2D eigenvalue weighted by atomic mass is 16.4. The summed E-state index contributed by atoms with van der Waals surface area (Å²) in [5.41, 5.74) is 0.953. The van der Waals surface area contributed by atoms with E-state index in [1.165, 1.54) is 0 Å². The molecule has 1 aromatic rings. The molecule has 0 atom stereocenters. The lowest BCUT2D eigenvalue weighted by Crippen LogP contribution is -2.42. The molecular weight excluding hydrogens is 216 g/mol. The van der Waals surface area contributed by atoms with Crippen LogP contribution in [0, 0.1) is 6.92 Å². The molecule has 0 spiro atoms. The van der Waals surface area contributed by atoms with Gasteiger partial charge in [-0.1, -0.05) is 6.92 Å². The number of anilines is 1. The van der Waals surface area contributed by atoms with Gasteiger partial charge < -0.3 is 10.0 Å². The van der Waals surface area contributed by atoms with Crippen LogP contribution in [-0.4, -0.2) is 28.6 Å². The molecule has 94 valence electrons. The van der Waals surface area contributed by atoms with Crippen molar-refractivity contribution in [1.29, 1.82) is 0 Å². The van der Waals surface area contributed by atoms with E-state index in [9.17, 15) is 9.90 Å². The Hall–Kier alpha value is -1.58. The minimum absolute atomic E-state index is 0.120. The topological polar surface area (TPSA) is 53.4 Å². The molecule has 0 aromatic carbocycles. The van der Waals surface area contributed by atoms with Gasteiger partial charge in [-0.3, -0.25) is 0 Å². The van der Waals surface area contributed by atoms with Crippen molar-refractivity contribution in [3.63, 3.8) is 0 Å². The van der Waals surface area contributed by atoms with Crippen molar-refractivity contribution < 1.29 is 9.90 Å². The highest BCUT2D eigenvalue weighted by Gasteiger charge is 2.26. The molecule has 1 heterocycles. The van der Waals surface area contributed by atoms with E-state index in [2.05, 4.69) is 25.8 Å². The summed E-state index contributed by atoms with van der Waals surface area (Å²) in [4.78, 5) is 17.5. The molecule has 0 saturated heterocycles. The summed E-state index contributed by atoms with van der Waals surface area (Å²) in [5, 5.41) is 9.18. The molecule has 0 aliphatic rings. The van der Waals surface area contributed by atoms with Crippen molar-refractivity contribution >= 4 is 11.8 Å². The normalized spacial score (nSPS) is 11.4. The maximum atomic E-state index is 11.2. The van der Waals surface area contributed by atoms with Gasteiger partial charge in [0.25, 0.3) is 0 Å². The number of carboxylic acids is 1. The quantitative estimate of drug-likeness (QED) is 0.873. The Morgan fingerprint density at radius 1 is 1.47 bits per heavy atom. The van der Waals surface area contributed by atoms with E-state index >= 15 is 0 Å². The smallest absolute Gasteiger partial charge is 0.339 e. The van der Waals surface area contributed by atoms with Crippen LogP contribution in [-0.2, 0) is 0 Å². The van der Waals surface area contributed by atoms with Crippen molar-refractivity contribution in [2.75, 3.05) is 11.9 Å². The first-order valence-corrected chi connectivity index (χ1v) is 5.74. The van der Waals surface area contributed by atoms with E-state index in [-0.39, 0.29) is 11.1 Å². The van der Waals surface area contributed by atoms with E-state index in [1.807, 2.05) is 18.9 Å². The van der Waals surface area contributed by atoms with Crippen molar-refractivity contribution in [3.8, 4) is 0 Å². The first-order valence-electron chi connectivity index (χ1n) is 5.74. The lowest BCUT2D eigenvalue weighted by Gasteiger charge is -2.36. The Bertz CT molecular complexity index is 427. The van der Waals surface area contributed by atoms with Gasteiger partial charge in [0.15, 0.2) is 0 Å². The molecule has 17 heavy (non-hydrogen) atoms. The van der Waals surface area contributed by atoms with Gasteiger partial charge in [-0.2, -0.15) is 0 Å². The first kappa shape index (κ1) is 13.5. The zero-order valence-corrected chi connectivity index (χ0v) is 11.1. The van der Waals surface area contributed by atoms with Crippen LogP contribution in [0.4, 0.5) is 5.82 Å². The molecule has 0 aliphatic carbocycles. The molecule has 1 N–H and O–H groups in total. The van der Waals surface area contributed by atoms with Crippen LogP contribution in [0.25, 0.3) is 0 Å². The number of aromatic carboxylic acids is 1. The van der Waals surface area contributed by atoms with Crippen molar-refractivity contribution in [2.45, 2.75) is 39.7 Å². The molecule has 0 aliphatic heterocycles. The van der Waals surface area contributed by atoms with Crippen molar-refractivity contribution in [3.05, 3.63) is 23.4 Å². The third kappa shape index (κ3) is 2.75. The highest BCUT2D eigenvalue weighted by Crippen LogP contribution is 2.26. The summed E-state index contributed by atoms with van der Waals surface area (Å²) < 4.78 is 0. The molecule has 1 aromatic heterocycles. The van der Waals surface area contributed by atoms with Crippen LogP contribution in [0.1, 0.15) is 43.2 Å². The first-order chi connectivity index (χ1) is 7.79. The minimum atomic E-state index is -0.939. The van der Waals surface area contributed by atoms with E-state index in [0.29, 0.717) is 5.82 Å². The van der Waals surface area contributed by atoms with Gasteiger partial charge in [0.05, 0.1) is 0 Å². The fourth-order valence-electron chi connectivity index (χ4n) is 1.49. The van der Waals surface area contributed by atoms with E-state index < -0.39 is 5.97 Å². The van der Waals surface area contributed by atoms with Gasteiger partial charge in [0.2, 0.25) is 0 Å². The SMILES string of the molecule is CCC(C)(C)N(C)c1nc(C)ccc1C(=O)O. The maximum absolute atomic E-state index is 11.2. The molecule has 0 unspecified atom stereocenters. The molecule has 1 rings (SSSR count). The third-order valence-electron chi connectivity index (χ3n) is 3.34. The lowest BCUT2D eigenvalue weighted by atomic mass is 9.99. The maximum Gasteiger partial charge on any atom is 0.339 e. The number of aryl methyl sites for hydroxylation is 1. The second-order valence-electron chi connectivity index (χ2n) is 4.85.